The maximum atomic E-state index is 15.0. The van der Waals surface area contributed by atoms with Crippen molar-refractivity contribution in [1.29, 1.82) is 0 Å². The van der Waals surface area contributed by atoms with Gasteiger partial charge in [-0.3, -0.25) is 0 Å². The molecule has 594 valence electrons. The fourth-order valence-corrected chi connectivity index (χ4v) is 20.9. The van der Waals surface area contributed by atoms with E-state index in [1.54, 1.807) is 24.3 Å². The van der Waals surface area contributed by atoms with Crippen molar-refractivity contribution < 1.29 is 26.3 Å². The van der Waals surface area contributed by atoms with Crippen LogP contribution in [-0.4, -0.2) is 13.7 Å². The summed E-state index contributed by atoms with van der Waals surface area (Å²) < 4.78 is 96.1. The van der Waals surface area contributed by atoms with Crippen LogP contribution in [0.25, 0.3) is 179 Å². The smallest absolute Gasteiger partial charge is 0.200 e. The highest BCUT2D eigenvalue weighted by atomic mass is 32.1. The van der Waals surface area contributed by atoms with Gasteiger partial charge in [0.15, 0.2) is 23.3 Å². The number of thiophene rings is 2. The van der Waals surface area contributed by atoms with Crippen LogP contribution in [0.5, 0.6) is 0 Å². The Labute approximate surface area is 721 Å². The third-order valence-electron chi connectivity index (χ3n) is 24.3. The van der Waals surface area contributed by atoms with E-state index in [1.165, 1.54) is 103 Å². The molecule has 0 spiro atoms. The number of benzene rings is 19. The Kier molecular flexibility index (Phi) is 18.0. The summed E-state index contributed by atoms with van der Waals surface area (Å²) >= 11 is 3.65. The Balaban J connectivity index is 0.000000144. The summed E-state index contributed by atoms with van der Waals surface area (Å²) in [6, 6.07) is 139. The number of hydrogen-bond donors (Lipinski definition) is 0. The zero-order valence-electron chi connectivity index (χ0n) is 66.5. The van der Waals surface area contributed by atoms with E-state index in [-0.39, 0.29) is 11.4 Å². The van der Waals surface area contributed by atoms with Crippen molar-refractivity contribution in [3.63, 3.8) is 0 Å². The third kappa shape index (κ3) is 12.8. The van der Waals surface area contributed by atoms with Gasteiger partial charge in [-0.25, -0.2) is 26.3 Å². The van der Waals surface area contributed by atoms with Crippen molar-refractivity contribution in [2.75, 3.05) is 9.80 Å². The Morgan fingerprint density at radius 2 is 0.568 bits per heavy atom. The first-order chi connectivity index (χ1) is 61.4. The topological polar surface area (TPSA) is 21.3 Å². The molecule has 5 aromatic heterocycles. The fourth-order valence-electron chi connectivity index (χ4n) is 18.5. The van der Waals surface area contributed by atoms with Crippen molar-refractivity contribution in [1.82, 2.24) is 13.7 Å². The van der Waals surface area contributed by atoms with Crippen molar-refractivity contribution in [2.24, 2.45) is 0 Å². The zero-order chi connectivity index (χ0) is 83.7. The molecule has 0 aliphatic heterocycles. The first-order valence-corrected chi connectivity index (χ1v) is 42.8. The van der Waals surface area contributed by atoms with Crippen molar-refractivity contribution in [3.8, 4) is 72.0 Å². The van der Waals surface area contributed by atoms with E-state index in [0.29, 0.717) is 5.69 Å². The van der Waals surface area contributed by atoms with Crippen molar-refractivity contribution >= 4 is 163 Å². The normalized spacial score (nSPS) is 11.8. The van der Waals surface area contributed by atoms with Crippen LogP contribution in [0.15, 0.2) is 406 Å². The maximum Gasteiger partial charge on any atom is 0.200 e. The number of fused-ring (bicyclic) bond motifs is 10. The minimum absolute atomic E-state index is 0.151. The highest BCUT2D eigenvalue weighted by Crippen LogP contribution is 2.50. The average molecular weight is 1660 g/mol. The fraction of sp³-hybridized carbons (Fsp3) is 0. The van der Waals surface area contributed by atoms with Crippen LogP contribution < -0.4 is 9.80 Å². The largest absolute Gasteiger partial charge is 0.310 e. The summed E-state index contributed by atoms with van der Waals surface area (Å²) in [6.07, 6.45) is 0. The summed E-state index contributed by atoms with van der Waals surface area (Å²) in [6.45, 7) is 0. The number of anilines is 6. The summed E-state index contributed by atoms with van der Waals surface area (Å²) in [5.41, 5.74) is 20.6. The average Bonchev–Trinajstić information content (AvgIpc) is 1.47. The summed E-state index contributed by atoms with van der Waals surface area (Å²) in [7, 11) is 0. The first-order valence-electron chi connectivity index (χ1n) is 41.2. The second-order valence-corrected chi connectivity index (χ2v) is 33.6. The lowest BCUT2D eigenvalue weighted by Crippen LogP contribution is -2.10. The SMILES string of the molecule is Fc1c(F)c(F)c(-c2ccc(N(c3ccc(-c4ccc5c(c4)c4ccccc4n5-c4ccccc4)cc3)c3ccc4c(c3)c3ccccc3n4-c3ccccc3)cc2)c(F)c1F.Fc1cccc(-c2ccc(N(c3ccc(-c4cc5ccc6cccc7ccc(c4)c5c67)cc3)c3cc4sc(-c5ccc6c(c5)c5ccccc5n6-c5ccccc5)cc4s3)cc2)c1. The van der Waals surface area contributed by atoms with Crippen LogP contribution in [0.3, 0.4) is 0 Å². The zero-order valence-corrected chi connectivity index (χ0v) is 68.1. The molecule has 0 N–H and O–H groups in total. The minimum Gasteiger partial charge on any atom is -0.310 e. The molecule has 0 fully saturated rings. The molecular formula is C112H67F6N5S2. The molecule has 5 heterocycles. The minimum atomic E-state index is -2.20. The Hall–Kier alpha value is -15.5. The molecule has 0 unspecified atom stereocenters. The standard InChI is InChI=1S/C58H35FN2S2.C54H32F5N3/c59-45-11-7-10-40(32-45)36-20-25-47(26-21-36)60(48-27-22-37(23-28-48)44-30-42-18-16-38-8-6-9-39-17-19-43(31-44)58(42)57(38)39)56-35-55-54(63-56)34-53(62-55)41-24-29-52-50(33-41)49-14-4-5-15-51(49)61(52)46-12-2-1-3-13-46;55-50-49(51(56)53(58)54(59)52(50)57)34-21-26-39(27-22-34)60(40-28-30-48-44(32-40)42-16-8-10-18-46(42)62(48)37-13-5-2-6-14-37)38-24-19-33(20-25-38)35-23-29-47-43(31-35)41-15-7-9-17-45(41)61(47)36-11-3-1-4-12-36/h1-35H;1-32H. The Morgan fingerprint density at radius 1 is 0.208 bits per heavy atom. The Bertz CT molecular complexity index is 8220. The molecule has 0 aliphatic rings. The van der Waals surface area contributed by atoms with Crippen LogP contribution in [0.4, 0.5) is 59.8 Å². The van der Waals surface area contributed by atoms with E-state index in [1.807, 2.05) is 100 Å². The molecule has 19 aromatic carbocycles. The molecule has 0 aliphatic carbocycles. The van der Waals surface area contributed by atoms with E-state index in [9.17, 15) is 26.3 Å². The molecule has 13 heteroatoms. The molecule has 5 nitrogen and oxygen atoms in total. The predicted molar refractivity (Wildman–Crippen MR) is 509 cm³/mol. The molecular weight excluding hydrogens is 1590 g/mol. The number of nitrogens with zero attached hydrogens (tertiary/aromatic N) is 5. The lowest BCUT2D eigenvalue weighted by molar-refractivity contribution is 0.381. The van der Waals surface area contributed by atoms with E-state index >= 15 is 0 Å². The predicted octanol–water partition coefficient (Wildman–Crippen LogP) is 32.9. The number of hydrogen-bond acceptors (Lipinski definition) is 4. The molecule has 0 bridgehead atoms. The lowest BCUT2D eigenvalue weighted by atomic mass is 9.91. The van der Waals surface area contributed by atoms with E-state index < -0.39 is 34.6 Å². The van der Waals surface area contributed by atoms with Crippen LogP contribution in [0.2, 0.25) is 0 Å². The maximum absolute atomic E-state index is 15.0. The molecule has 0 saturated heterocycles. The van der Waals surface area contributed by atoms with E-state index in [4.69, 9.17) is 0 Å². The monoisotopic (exact) mass is 1660 g/mol. The third-order valence-corrected chi connectivity index (χ3v) is 26.6. The Morgan fingerprint density at radius 3 is 1.06 bits per heavy atom. The van der Waals surface area contributed by atoms with Gasteiger partial charge in [-0.2, -0.15) is 0 Å². The molecule has 0 radical (unpaired) electrons. The van der Waals surface area contributed by atoms with Gasteiger partial charge in [0.05, 0.1) is 38.7 Å². The molecule has 0 atom stereocenters. The first kappa shape index (κ1) is 74.5. The second-order valence-electron chi connectivity index (χ2n) is 31.5. The van der Waals surface area contributed by atoms with Crippen molar-refractivity contribution in [2.45, 2.75) is 0 Å². The van der Waals surface area contributed by atoms with Gasteiger partial charge in [-0.15, -0.1) is 22.7 Å². The highest BCUT2D eigenvalue weighted by molar-refractivity contribution is 7.31. The van der Waals surface area contributed by atoms with Gasteiger partial charge >= 0.3 is 0 Å². The van der Waals surface area contributed by atoms with Gasteiger partial charge in [0.1, 0.15) is 10.8 Å². The van der Waals surface area contributed by atoms with Gasteiger partial charge in [-0.1, -0.05) is 224 Å². The van der Waals surface area contributed by atoms with Crippen molar-refractivity contribution in [3.05, 3.63) is 441 Å². The number of para-hydroxylation sites is 6. The number of aromatic nitrogens is 3. The van der Waals surface area contributed by atoms with Crippen LogP contribution in [-0.2, 0) is 0 Å². The molecule has 24 aromatic rings. The summed E-state index contributed by atoms with van der Waals surface area (Å²) in [5, 5.41) is 15.7. The van der Waals surface area contributed by atoms with Gasteiger partial charge in [0.25, 0.3) is 0 Å². The number of rotatable bonds is 14. The van der Waals surface area contributed by atoms with Crippen LogP contribution >= 0.6 is 22.7 Å². The van der Waals surface area contributed by atoms with Gasteiger partial charge in [-0.05, 0) is 259 Å². The summed E-state index contributed by atoms with van der Waals surface area (Å²) in [4.78, 5) is 5.61. The van der Waals surface area contributed by atoms with E-state index in [2.05, 4.69) is 310 Å². The highest BCUT2D eigenvalue weighted by Gasteiger charge is 2.29. The van der Waals surface area contributed by atoms with Gasteiger partial charge in [0.2, 0.25) is 5.82 Å². The van der Waals surface area contributed by atoms with Crippen LogP contribution in [0, 0.1) is 34.9 Å². The number of halogens is 6. The molecule has 0 saturated carbocycles. The summed E-state index contributed by atoms with van der Waals surface area (Å²) in [5.74, 6) is -10.2. The van der Waals surface area contributed by atoms with Crippen LogP contribution in [0.1, 0.15) is 0 Å². The molecule has 125 heavy (non-hydrogen) atoms. The molecule has 0 amide bonds. The van der Waals surface area contributed by atoms with Gasteiger partial charge in [0, 0.05) is 92.1 Å². The lowest BCUT2D eigenvalue weighted by Gasteiger charge is -2.26. The molecule has 24 rings (SSSR count). The second kappa shape index (κ2) is 30.3. The quantitative estimate of drug-likeness (QED) is 0.0468. The van der Waals surface area contributed by atoms with E-state index in [0.717, 1.165) is 111 Å². The van der Waals surface area contributed by atoms with Gasteiger partial charge < -0.3 is 23.5 Å².